The van der Waals surface area contributed by atoms with Gasteiger partial charge in [-0.05, 0) is 19.3 Å². The minimum absolute atomic E-state index is 0.185. The molecule has 4 heteroatoms. The molecule has 0 aromatic carbocycles. The molecule has 0 nitrogen and oxygen atoms in total. The molecule has 0 N–H and O–H groups in total. The van der Waals surface area contributed by atoms with E-state index in [-0.39, 0.29) is 6.42 Å². The molecule has 0 aliphatic heterocycles. The summed E-state index contributed by atoms with van der Waals surface area (Å²) in [4.78, 5) is 0. The Balaban J connectivity index is 2.67. The lowest BCUT2D eigenvalue weighted by Crippen LogP contribution is -2.23. The van der Waals surface area contributed by atoms with E-state index in [0.717, 1.165) is 6.08 Å². The second-order valence-electron chi connectivity index (χ2n) is 2.78. The third-order valence-electron chi connectivity index (χ3n) is 1.82. The van der Waals surface area contributed by atoms with Gasteiger partial charge >= 0.3 is 6.18 Å². The summed E-state index contributed by atoms with van der Waals surface area (Å²) in [6.45, 7) is 0. The lowest BCUT2D eigenvalue weighted by Gasteiger charge is -2.21. The summed E-state index contributed by atoms with van der Waals surface area (Å²) < 4.78 is 36.0. The summed E-state index contributed by atoms with van der Waals surface area (Å²) in [7, 11) is 5.28. The number of alkyl halides is 3. The van der Waals surface area contributed by atoms with Gasteiger partial charge < -0.3 is 0 Å². The SMILES string of the molecule is [B]C1=CC(C(F)(F)F)CCC1. The fourth-order valence-corrected chi connectivity index (χ4v) is 1.21. The highest BCUT2D eigenvalue weighted by atomic mass is 19.4. The van der Waals surface area contributed by atoms with Crippen molar-refractivity contribution in [3.05, 3.63) is 11.5 Å². The van der Waals surface area contributed by atoms with E-state index < -0.39 is 12.1 Å². The average molecular weight is 160 g/mol. The summed E-state index contributed by atoms with van der Waals surface area (Å²) in [5.74, 6) is -1.31. The molecule has 1 rings (SSSR count). The standard InChI is InChI=1S/C7H8BF3/c8-6-3-1-2-5(4-6)7(9,10)11/h4-5H,1-3H2. The molecule has 1 unspecified atom stereocenters. The molecule has 0 bridgehead atoms. The number of rotatable bonds is 0. The first-order valence-corrected chi connectivity index (χ1v) is 3.53. The minimum Gasteiger partial charge on any atom is -0.170 e. The maximum Gasteiger partial charge on any atom is 0.395 e. The van der Waals surface area contributed by atoms with Crippen LogP contribution in [0, 0.1) is 5.92 Å². The van der Waals surface area contributed by atoms with Crippen molar-refractivity contribution in [2.75, 3.05) is 0 Å². The zero-order chi connectivity index (χ0) is 8.48. The van der Waals surface area contributed by atoms with Crippen molar-refractivity contribution in [2.24, 2.45) is 5.92 Å². The van der Waals surface area contributed by atoms with Crippen LogP contribution in [0.5, 0.6) is 0 Å². The van der Waals surface area contributed by atoms with Gasteiger partial charge in [-0.25, -0.2) is 0 Å². The van der Waals surface area contributed by atoms with E-state index in [1.165, 1.54) is 0 Å². The van der Waals surface area contributed by atoms with Gasteiger partial charge in [0.1, 0.15) is 7.85 Å². The van der Waals surface area contributed by atoms with Gasteiger partial charge in [-0.3, -0.25) is 0 Å². The Kier molecular flexibility index (Phi) is 2.30. The Morgan fingerprint density at radius 2 is 2.09 bits per heavy atom. The van der Waals surface area contributed by atoms with Crippen molar-refractivity contribution in [2.45, 2.75) is 25.4 Å². The fraction of sp³-hybridized carbons (Fsp3) is 0.714. The molecule has 0 fully saturated rings. The third-order valence-corrected chi connectivity index (χ3v) is 1.82. The van der Waals surface area contributed by atoms with Crippen molar-refractivity contribution < 1.29 is 13.2 Å². The van der Waals surface area contributed by atoms with Gasteiger partial charge in [0.25, 0.3) is 0 Å². The van der Waals surface area contributed by atoms with Gasteiger partial charge in [0.05, 0.1) is 5.92 Å². The Morgan fingerprint density at radius 1 is 1.45 bits per heavy atom. The van der Waals surface area contributed by atoms with Crippen LogP contribution in [-0.2, 0) is 0 Å². The van der Waals surface area contributed by atoms with Crippen LogP contribution in [0.1, 0.15) is 19.3 Å². The van der Waals surface area contributed by atoms with E-state index >= 15 is 0 Å². The molecule has 0 spiro atoms. The van der Waals surface area contributed by atoms with Gasteiger partial charge in [-0.2, -0.15) is 13.2 Å². The summed E-state index contributed by atoms with van der Waals surface area (Å²) in [6.07, 6.45) is -1.64. The molecule has 0 saturated carbocycles. The molecule has 0 heterocycles. The van der Waals surface area contributed by atoms with Crippen molar-refractivity contribution in [1.29, 1.82) is 0 Å². The molecule has 1 aliphatic carbocycles. The third kappa shape index (κ3) is 2.28. The lowest BCUT2D eigenvalue weighted by molar-refractivity contribution is -0.163. The van der Waals surface area contributed by atoms with Gasteiger partial charge in [0.15, 0.2) is 0 Å². The number of hydrogen-bond donors (Lipinski definition) is 0. The van der Waals surface area contributed by atoms with Crippen LogP contribution < -0.4 is 0 Å². The Bertz CT molecular complexity index is 171. The highest BCUT2D eigenvalue weighted by molar-refractivity contribution is 6.21. The largest absolute Gasteiger partial charge is 0.395 e. The quantitative estimate of drug-likeness (QED) is 0.477. The van der Waals surface area contributed by atoms with Crippen LogP contribution in [0.15, 0.2) is 11.5 Å². The summed E-state index contributed by atoms with van der Waals surface area (Å²) in [5, 5.41) is 0. The predicted molar refractivity (Wildman–Crippen MR) is 37.2 cm³/mol. The van der Waals surface area contributed by atoms with E-state index in [9.17, 15) is 13.2 Å². The zero-order valence-electron chi connectivity index (χ0n) is 5.99. The number of hydrogen-bond acceptors (Lipinski definition) is 0. The van der Waals surface area contributed by atoms with Crippen LogP contribution >= 0.6 is 0 Å². The molecule has 0 aromatic heterocycles. The lowest BCUT2D eigenvalue weighted by atomic mass is 9.81. The van der Waals surface area contributed by atoms with Crippen LogP contribution in [0.2, 0.25) is 0 Å². The monoisotopic (exact) mass is 160 g/mol. The van der Waals surface area contributed by atoms with Crippen LogP contribution in [-0.4, -0.2) is 14.0 Å². The molecule has 60 valence electrons. The van der Waals surface area contributed by atoms with Gasteiger partial charge in [0.2, 0.25) is 0 Å². The normalized spacial score (nSPS) is 26.5. The van der Waals surface area contributed by atoms with Gasteiger partial charge in [-0.15, -0.1) is 5.47 Å². The first-order valence-electron chi connectivity index (χ1n) is 3.53. The topological polar surface area (TPSA) is 0 Å². The molecule has 0 amide bonds. The number of halogens is 3. The fourth-order valence-electron chi connectivity index (χ4n) is 1.21. The molecule has 11 heavy (non-hydrogen) atoms. The molecule has 1 aliphatic rings. The molecule has 0 aromatic rings. The van der Waals surface area contributed by atoms with Crippen LogP contribution in [0.25, 0.3) is 0 Å². The Morgan fingerprint density at radius 3 is 2.45 bits per heavy atom. The maximum absolute atomic E-state index is 12.0. The van der Waals surface area contributed by atoms with Crippen molar-refractivity contribution >= 4 is 7.85 Å². The first-order chi connectivity index (χ1) is 5.00. The highest BCUT2D eigenvalue weighted by Gasteiger charge is 2.38. The average Bonchev–Trinajstić information content (AvgIpc) is 1.86. The Labute approximate surface area is 64.9 Å². The van der Waals surface area contributed by atoms with E-state index in [1.54, 1.807) is 0 Å². The molecule has 2 radical (unpaired) electrons. The minimum atomic E-state index is -4.11. The number of allylic oxidation sites excluding steroid dienone is 2. The second-order valence-corrected chi connectivity index (χ2v) is 2.78. The van der Waals surface area contributed by atoms with Gasteiger partial charge in [-0.1, -0.05) is 6.08 Å². The molecular weight excluding hydrogens is 152 g/mol. The summed E-state index contributed by atoms with van der Waals surface area (Å²) in [6, 6.07) is 0. The van der Waals surface area contributed by atoms with E-state index in [0.29, 0.717) is 18.3 Å². The molecule has 0 saturated heterocycles. The highest BCUT2D eigenvalue weighted by Crippen LogP contribution is 2.35. The Hall–Kier alpha value is -0.405. The maximum atomic E-state index is 12.0. The smallest absolute Gasteiger partial charge is 0.170 e. The second kappa shape index (κ2) is 2.91. The van der Waals surface area contributed by atoms with Crippen molar-refractivity contribution in [3.63, 3.8) is 0 Å². The van der Waals surface area contributed by atoms with E-state index in [1.807, 2.05) is 0 Å². The summed E-state index contributed by atoms with van der Waals surface area (Å²) in [5.41, 5.74) is 0.374. The first kappa shape index (κ1) is 8.69. The van der Waals surface area contributed by atoms with Crippen LogP contribution in [0.4, 0.5) is 13.2 Å². The van der Waals surface area contributed by atoms with Crippen LogP contribution in [0.3, 0.4) is 0 Å². The molecule has 1 atom stereocenters. The van der Waals surface area contributed by atoms with E-state index in [4.69, 9.17) is 7.85 Å². The molecular formula is C7H8BF3. The van der Waals surface area contributed by atoms with Crippen molar-refractivity contribution in [1.82, 2.24) is 0 Å². The van der Waals surface area contributed by atoms with E-state index in [2.05, 4.69) is 0 Å². The van der Waals surface area contributed by atoms with Gasteiger partial charge in [0, 0.05) is 0 Å². The predicted octanol–water partition coefficient (Wildman–Crippen LogP) is 2.40. The zero-order valence-corrected chi connectivity index (χ0v) is 5.99. The summed E-state index contributed by atoms with van der Waals surface area (Å²) >= 11 is 0. The van der Waals surface area contributed by atoms with Crippen molar-refractivity contribution in [3.8, 4) is 0 Å².